The molecule has 0 saturated carbocycles. The van der Waals surface area contributed by atoms with E-state index in [2.05, 4.69) is 60.4 Å². The minimum Gasteiger partial charge on any atom is -0.447 e. The Kier molecular flexibility index (Phi) is 7.47. The van der Waals surface area contributed by atoms with Crippen LogP contribution in [0.1, 0.15) is 42.4 Å². The van der Waals surface area contributed by atoms with E-state index < -0.39 is 6.09 Å². The molecule has 0 spiro atoms. The molecule has 0 N–H and O–H groups in total. The number of benzene rings is 3. The second kappa shape index (κ2) is 11.1. The first kappa shape index (κ1) is 24.3. The molecule has 36 heavy (non-hydrogen) atoms. The molecule has 5 rings (SSSR count). The summed E-state index contributed by atoms with van der Waals surface area (Å²) in [5.41, 5.74) is 3.66. The molecule has 2 amide bonds. The van der Waals surface area contributed by atoms with Crippen molar-refractivity contribution in [3.05, 3.63) is 108 Å². The van der Waals surface area contributed by atoms with Crippen molar-refractivity contribution >= 4 is 12.0 Å². The zero-order valence-corrected chi connectivity index (χ0v) is 20.8. The van der Waals surface area contributed by atoms with Crippen LogP contribution >= 0.6 is 0 Å². The van der Waals surface area contributed by atoms with Crippen molar-refractivity contribution in [2.24, 2.45) is 5.92 Å². The fourth-order valence-corrected chi connectivity index (χ4v) is 5.91. The number of likely N-dealkylation sites (tertiary alicyclic amines) is 1. The number of imide groups is 1. The van der Waals surface area contributed by atoms with Crippen LogP contribution in [-0.4, -0.2) is 47.0 Å². The Balaban J connectivity index is 1.37. The van der Waals surface area contributed by atoms with Gasteiger partial charge in [-0.25, -0.2) is 9.69 Å². The average Bonchev–Trinajstić information content (AvgIpc) is 3.27. The summed E-state index contributed by atoms with van der Waals surface area (Å²) in [6.45, 7) is 4.22. The van der Waals surface area contributed by atoms with Crippen molar-refractivity contribution in [2.75, 3.05) is 13.2 Å². The molecule has 0 aromatic heterocycles. The van der Waals surface area contributed by atoms with Crippen LogP contribution < -0.4 is 0 Å². The van der Waals surface area contributed by atoms with Gasteiger partial charge in [0.25, 0.3) is 0 Å². The van der Waals surface area contributed by atoms with Crippen LogP contribution in [0.15, 0.2) is 91.0 Å². The normalized spacial score (nSPS) is 24.5. The average molecular weight is 483 g/mol. The Labute approximate surface area is 213 Å². The molecule has 0 radical (unpaired) electrons. The Morgan fingerprint density at radius 3 is 2.17 bits per heavy atom. The number of hydrogen-bond acceptors (Lipinski definition) is 4. The van der Waals surface area contributed by atoms with E-state index in [1.807, 2.05) is 42.5 Å². The molecule has 0 unspecified atom stereocenters. The van der Waals surface area contributed by atoms with Crippen molar-refractivity contribution < 1.29 is 14.3 Å². The van der Waals surface area contributed by atoms with Crippen LogP contribution in [0.3, 0.4) is 0 Å². The second-order valence-corrected chi connectivity index (χ2v) is 10.1. The SMILES string of the molecule is C[C@H]1[C@H](c2ccccc2)CCN(Cc2ccccc2)[C@H]1CC(=O)N1C(=O)OC[C@@H]1Cc1ccccc1. The van der Waals surface area contributed by atoms with Gasteiger partial charge in [-0.15, -0.1) is 0 Å². The van der Waals surface area contributed by atoms with E-state index in [0.29, 0.717) is 18.8 Å². The Hall–Kier alpha value is -3.44. The van der Waals surface area contributed by atoms with E-state index in [1.54, 1.807) is 0 Å². The zero-order valence-electron chi connectivity index (χ0n) is 20.8. The molecule has 0 aliphatic carbocycles. The lowest BCUT2D eigenvalue weighted by atomic mass is 9.75. The van der Waals surface area contributed by atoms with Crippen LogP contribution in [0, 0.1) is 5.92 Å². The Morgan fingerprint density at radius 1 is 0.889 bits per heavy atom. The van der Waals surface area contributed by atoms with Gasteiger partial charge in [-0.3, -0.25) is 9.69 Å². The molecule has 2 heterocycles. The maximum atomic E-state index is 13.7. The third kappa shape index (κ3) is 5.36. The lowest BCUT2D eigenvalue weighted by Crippen LogP contribution is -2.50. The Bertz CT molecular complexity index is 1150. The molecular formula is C31H34N2O3. The van der Waals surface area contributed by atoms with Gasteiger partial charge in [0, 0.05) is 19.0 Å². The first-order valence-corrected chi connectivity index (χ1v) is 13.0. The molecular weight excluding hydrogens is 448 g/mol. The summed E-state index contributed by atoms with van der Waals surface area (Å²) in [4.78, 5) is 30.2. The van der Waals surface area contributed by atoms with Gasteiger partial charge in [0.1, 0.15) is 6.61 Å². The van der Waals surface area contributed by atoms with Gasteiger partial charge in [0.2, 0.25) is 5.91 Å². The largest absolute Gasteiger partial charge is 0.447 e. The van der Waals surface area contributed by atoms with Crippen molar-refractivity contribution in [3.8, 4) is 0 Å². The number of nitrogens with zero attached hydrogens (tertiary/aromatic N) is 2. The summed E-state index contributed by atoms with van der Waals surface area (Å²) >= 11 is 0. The summed E-state index contributed by atoms with van der Waals surface area (Å²) < 4.78 is 5.35. The van der Waals surface area contributed by atoms with Crippen molar-refractivity contribution in [2.45, 2.75) is 50.7 Å². The molecule has 2 fully saturated rings. The molecule has 2 aliphatic heterocycles. The highest BCUT2D eigenvalue weighted by atomic mass is 16.6. The molecule has 3 aromatic rings. The van der Waals surface area contributed by atoms with Gasteiger partial charge >= 0.3 is 6.09 Å². The highest BCUT2D eigenvalue weighted by Gasteiger charge is 2.42. The van der Waals surface area contributed by atoms with Crippen molar-refractivity contribution in [1.29, 1.82) is 0 Å². The van der Waals surface area contributed by atoms with Gasteiger partial charge in [0.05, 0.1) is 6.04 Å². The minimum absolute atomic E-state index is 0.0300. The van der Waals surface area contributed by atoms with Gasteiger partial charge in [-0.1, -0.05) is 97.9 Å². The lowest BCUT2D eigenvalue weighted by molar-refractivity contribution is -0.131. The van der Waals surface area contributed by atoms with Crippen LogP contribution in [0.25, 0.3) is 0 Å². The van der Waals surface area contributed by atoms with Crippen LogP contribution in [-0.2, 0) is 22.5 Å². The number of amides is 2. The van der Waals surface area contributed by atoms with E-state index >= 15 is 0 Å². The minimum atomic E-state index is -0.515. The number of piperidine rings is 1. The number of hydrogen-bond donors (Lipinski definition) is 0. The first-order valence-electron chi connectivity index (χ1n) is 13.0. The summed E-state index contributed by atoms with van der Waals surface area (Å²) in [6.07, 6.45) is 1.44. The zero-order chi connectivity index (χ0) is 24.9. The Morgan fingerprint density at radius 2 is 1.50 bits per heavy atom. The predicted molar refractivity (Wildman–Crippen MR) is 140 cm³/mol. The molecule has 4 atom stereocenters. The number of carbonyl (C=O) groups excluding carboxylic acids is 2. The fourth-order valence-electron chi connectivity index (χ4n) is 5.91. The van der Waals surface area contributed by atoms with Gasteiger partial charge < -0.3 is 4.74 Å². The maximum Gasteiger partial charge on any atom is 0.416 e. The van der Waals surface area contributed by atoms with E-state index in [0.717, 1.165) is 25.1 Å². The topological polar surface area (TPSA) is 49.9 Å². The molecule has 0 bridgehead atoms. The second-order valence-electron chi connectivity index (χ2n) is 10.1. The van der Waals surface area contributed by atoms with Crippen LogP contribution in [0.2, 0.25) is 0 Å². The lowest BCUT2D eigenvalue weighted by Gasteiger charge is -2.45. The maximum absolute atomic E-state index is 13.7. The molecule has 5 heteroatoms. The number of cyclic esters (lactones) is 1. The number of carbonyl (C=O) groups is 2. The van der Waals surface area contributed by atoms with Gasteiger partial charge in [0.15, 0.2) is 0 Å². The van der Waals surface area contributed by atoms with Gasteiger partial charge in [-0.05, 0) is 47.9 Å². The highest BCUT2D eigenvalue weighted by Crippen LogP contribution is 2.39. The van der Waals surface area contributed by atoms with E-state index in [1.165, 1.54) is 16.0 Å². The summed E-state index contributed by atoms with van der Waals surface area (Å²) in [6, 6.07) is 30.8. The quantitative estimate of drug-likeness (QED) is 0.436. The summed E-state index contributed by atoms with van der Waals surface area (Å²) in [5, 5.41) is 0. The van der Waals surface area contributed by atoms with E-state index in [4.69, 9.17) is 4.74 Å². The van der Waals surface area contributed by atoms with Crippen molar-refractivity contribution in [3.63, 3.8) is 0 Å². The molecule has 3 aromatic carbocycles. The predicted octanol–water partition coefficient (Wildman–Crippen LogP) is 5.66. The van der Waals surface area contributed by atoms with E-state index in [9.17, 15) is 9.59 Å². The fraction of sp³-hybridized carbons (Fsp3) is 0.355. The molecule has 186 valence electrons. The molecule has 2 saturated heterocycles. The first-order chi connectivity index (χ1) is 17.6. The highest BCUT2D eigenvalue weighted by molar-refractivity contribution is 5.93. The molecule has 2 aliphatic rings. The van der Waals surface area contributed by atoms with Crippen LogP contribution in [0.5, 0.6) is 0 Å². The monoisotopic (exact) mass is 482 g/mol. The van der Waals surface area contributed by atoms with Crippen LogP contribution in [0.4, 0.5) is 4.79 Å². The molecule has 5 nitrogen and oxygen atoms in total. The third-order valence-corrected chi connectivity index (χ3v) is 7.82. The standard InChI is InChI=1S/C31H34N2O3/c1-23-28(26-15-9-4-10-16-26)17-18-32(21-25-13-7-3-8-14-25)29(23)20-30(34)33-27(22-36-31(33)35)19-24-11-5-2-6-12-24/h2-16,23,27-29H,17-22H2,1H3/t23-,27-,28+,29-/m0/s1. The summed E-state index contributed by atoms with van der Waals surface area (Å²) in [5.74, 6) is 0.503. The van der Waals surface area contributed by atoms with Crippen molar-refractivity contribution in [1.82, 2.24) is 9.80 Å². The summed E-state index contributed by atoms with van der Waals surface area (Å²) in [7, 11) is 0. The number of rotatable bonds is 7. The smallest absolute Gasteiger partial charge is 0.416 e. The third-order valence-electron chi connectivity index (χ3n) is 7.82. The van der Waals surface area contributed by atoms with E-state index in [-0.39, 0.29) is 30.5 Å². The number of ether oxygens (including phenoxy) is 1. The van der Waals surface area contributed by atoms with Gasteiger partial charge in [-0.2, -0.15) is 0 Å².